The molecule has 0 aliphatic carbocycles. The number of aliphatic imine (C=N–C) groups is 1. The molecule has 35 heavy (non-hydrogen) atoms. The van der Waals surface area contributed by atoms with E-state index in [9.17, 15) is 19.5 Å². The van der Waals surface area contributed by atoms with E-state index < -0.39 is 17.1 Å². The highest BCUT2D eigenvalue weighted by Crippen LogP contribution is 2.32. The molecule has 1 unspecified atom stereocenters. The number of carboxylic acid groups (broad SMARTS) is 1. The molecule has 0 bridgehead atoms. The van der Waals surface area contributed by atoms with Gasteiger partial charge in [0, 0.05) is 7.05 Å². The van der Waals surface area contributed by atoms with Gasteiger partial charge in [-0.1, -0.05) is 30.0 Å². The summed E-state index contributed by atoms with van der Waals surface area (Å²) in [6.07, 6.45) is 1.08. The van der Waals surface area contributed by atoms with Crippen LogP contribution in [0.15, 0.2) is 69.5 Å². The monoisotopic (exact) mass is 493 g/mol. The van der Waals surface area contributed by atoms with Gasteiger partial charge in [-0.05, 0) is 48.9 Å². The van der Waals surface area contributed by atoms with Gasteiger partial charge in [0.2, 0.25) is 0 Å². The van der Waals surface area contributed by atoms with Crippen molar-refractivity contribution in [3.05, 3.63) is 76.2 Å². The van der Waals surface area contributed by atoms with Crippen LogP contribution in [0.5, 0.6) is 5.75 Å². The first-order valence-electron chi connectivity index (χ1n) is 10.6. The topological polar surface area (TPSA) is 118 Å². The molecule has 1 fully saturated rings. The van der Waals surface area contributed by atoms with Crippen molar-refractivity contribution in [2.45, 2.75) is 18.6 Å². The fourth-order valence-corrected chi connectivity index (χ4v) is 4.58. The van der Waals surface area contributed by atoms with E-state index in [0.29, 0.717) is 22.7 Å². The van der Waals surface area contributed by atoms with Gasteiger partial charge in [0.15, 0.2) is 10.9 Å². The van der Waals surface area contributed by atoms with Crippen molar-refractivity contribution >= 4 is 40.7 Å². The molecule has 1 aromatic heterocycles. The van der Waals surface area contributed by atoms with E-state index in [2.05, 4.69) is 10.1 Å². The summed E-state index contributed by atoms with van der Waals surface area (Å²) >= 11 is 0.974. The first kappa shape index (κ1) is 24.0. The summed E-state index contributed by atoms with van der Waals surface area (Å²) in [5.74, 6) is -0.954. The molecule has 4 rings (SSSR count). The minimum atomic E-state index is -1.11. The Morgan fingerprint density at radius 1 is 1.14 bits per heavy atom. The maximum absolute atomic E-state index is 13.3. The minimum Gasteiger partial charge on any atom is -0.497 e. The van der Waals surface area contributed by atoms with E-state index in [1.165, 1.54) is 10.9 Å². The average Bonchev–Trinajstić information content (AvgIpc) is 3.25. The van der Waals surface area contributed by atoms with E-state index in [1.807, 2.05) is 18.2 Å². The number of amidine groups is 1. The minimum absolute atomic E-state index is 0.136. The maximum atomic E-state index is 13.3. The number of hydrogen-bond acceptors (Lipinski definition) is 7. The first-order chi connectivity index (χ1) is 16.8. The van der Waals surface area contributed by atoms with Crippen molar-refractivity contribution in [1.82, 2.24) is 14.4 Å². The quantitative estimate of drug-likeness (QED) is 0.506. The molecule has 1 aliphatic rings. The van der Waals surface area contributed by atoms with Gasteiger partial charge in [-0.2, -0.15) is 10.1 Å². The molecule has 2 aromatic carbocycles. The van der Waals surface area contributed by atoms with E-state index in [-0.39, 0.29) is 22.8 Å². The lowest BCUT2D eigenvalue weighted by Gasteiger charge is -2.09. The van der Waals surface area contributed by atoms with Crippen LogP contribution in [0.3, 0.4) is 0 Å². The molecule has 0 radical (unpaired) electrons. The second-order valence-corrected chi connectivity index (χ2v) is 8.85. The summed E-state index contributed by atoms with van der Waals surface area (Å²) in [6.45, 7) is 1.75. The van der Waals surface area contributed by atoms with Crippen LogP contribution in [-0.2, 0) is 16.6 Å². The third kappa shape index (κ3) is 4.90. The Kier molecular flexibility index (Phi) is 6.87. The SMILES string of the molecule is COc1ccc(/C=N/N2C(=O)C(CC(=O)O)SC2=Nc2c(C)n(C)n(-c3ccccc3)c2=O)cc1. The fraction of sp³-hybridized carbons (Fsp3) is 0.208. The third-order valence-electron chi connectivity index (χ3n) is 5.44. The van der Waals surface area contributed by atoms with Crippen LogP contribution >= 0.6 is 11.8 Å². The average molecular weight is 494 g/mol. The number of carbonyl (C=O) groups is 2. The van der Waals surface area contributed by atoms with E-state index in [0.717, 1.165) is 16.8 Å². The highest BCUT2D eigenvalue weighted by molar-refractivity contribution is 8.15. The number of benzene rings is 2. The second-order valence-electron chi connectivity index (χ2n) is 7.68. The molecular formula is C24H23N5O5S. The number of aromatic nitrogens is 2. The molecule has 0 spiro atoms. The van der Waals surface area contributed by atoms with Gasteiger partial charge in [0.1, 0.15) is 11.0 Å². The third-order valence-corrected chi connectivity index (χ3v) is 6.57. The molecule has 1 N–H and O–H groups in total. The van der Waals surface area contributed by atoms with E-state index >= 15 is 0 Å². The van der Waals surface area contributed by atoms with Crippen molar-refractivity contribution in [2.75, 3.05) is 7.11 Å². The number of hydrazone groups is 1. The zero-order valence-electron chi connectivity index (χ0n) is 19.3. The Morgan fingerprint density at radius 3 is 2.46 bits per heavy atom. The number of methoxy groups -OCH3 is 1. The summed E-state index contributed by atoms with van der Waals surface area (Å²) in [5, 5.41) is 13.8. The van der Waals surface area contributed by atoms with E-state index in [4.69, 9.17) is 4.74 Å². The fourth-order valence-electron chi connectivity index (χ4n) is 3.52. The van der Waals surface area contributed by atoms with Gasteiger partial charge in [-0.15, -0.1) is 0 Å². The van der Waals surface area contributed by atoms with Gasteiger partial charge in [-0.3, -0.25) is 19.1 Å². The number of nitrogens with zero attached hydrogens (tertiary/aromatic N) is 5. The first-order valence-corrected chi connectivity index (χ1v) is 11.5. The molecule has 1 amide bonds. The highest BCUT2D eigenvalue weighted by Gasteiger charge is 2.40. The molecule has 11 heteroatoms. The van der Waals surface area contributed by atoms with Crippen LogP contribution in [-0.4, -0.2) is 55.1 Å². The lowest BCUT2D eigenvalue weighted by atomic mass is 10.2. The Bertz CT molecular complexity index is 1380. The van der Waals surface area contributed by atoms with Gasteiger partial charge < -0.3 is 9.84 Å². The lowest BCUT2D eigenvalue weighted by molar-refractivity contribution is -0.139. The van der Waals surface area contributed by atoms with Gasteiger partial charge in [0.05, 0.1) is 31.1 Å². The second kappa shape index (κ2) is 10.0. The van der Waals surface area contributed by atoms with Crippen molar-refractivity contribution in [3.8, 4) is 11.4 Å². The van der Waals surface area contributed by atoms with Crippen molar-refractivity contribution in [2.24, 2.45) is 17.1 Å². The number of thioether (sulfide) groups is 1. The van der Waals surface area contributed by atoms with Crippen LogP contribution in [0.25, 0.3) is 5.69 Å². The van der Waals surface area contributed by atoms with Crippen molar-refractivity contribution in [1.29, 1.82) is 0 Å². The lowest BCUT2D eigenvalue weighted by Crippen LogP contribution is -2.28. The zero-order chi connectivity index (χ0) is 25.1. The van der Waals surface area contributed by atoms with Gasteiger partial charge in [-0.25, -0.2) is 9.67 Å². The predicted molar refractivity (Wildman–Crippen MR) is 134 cm³/mol. The smallest absolute Gasteiger partial charge is 0.305 e. The number of rotatable bonds is 7. The number of carboxylic acids is 1. The molecule has 2 heterocycles. The highest BCUT2D eigenvalue weighted by atomic mass is 32.2. The Balaban J connectivity index is 1.74. The number of ether oxygens (including phenoxy) is 1. The number of amides is 1. The summed E-state index contributed by atoms with van der Waals surface area (Å²) < 4.78 is 8.30. The van der Waals surface area contributed by atoms with Crippen LogP contribution in [0.4, 0.5) is 5.69 Å². The number of aliphatic carboxylic acids is 1. The standard InChI is InChI=1S/C24H23N5O5S/c1-15-21(23(33)29(27(15)2)17-7-5-4-6-8-17)26-24-28(22(32)19(35-24)13-20(30)31)25-14-16-9-11-18(34-3)12-10-16/h4-12,14,19H,13H2,1-3H3,(H,30,31)/b25-14+,26-24?. The van der Waals surface area contributed by atoms with Crippen molar-refractivity contribution < 1.29 is 19.4 Å². The number of para-hydroxylation sites is 1. The molecule has 0 saturated carbocycles. The molecule has 180 valence electrons. The molecule has 1 saturated heterocycles. The molecule has 10 nitrogen and oxygen atoms in total. The summed E-state index contributed by atoms with van der Waals surface area (Å²) in [5.41, 5.74) is 1.74. The van der Waals surface area contributed by atoms with Crippen LogP contribution in [0.1, 0.15) is 17.7 Å². The zero-order valence-corrected chi connectivity index (χ0v) is 20.1. The van der Waals surface area contributed by atoms with Crippen LogP contribution < -0.4 is 10.3 Å². The Morgan fingerprint density at radius 2 is 1.83 bits per heavy atom. The Hall–Kier alpha value is -4.12. The van der Waals surface area contributed by atoms with Gasteiger partial charge >= 0.3 is 5.97 Å². The molecule has 3 aromatic rings. The van der Waals surface area contributed by atoms with Crippen LogP contribution in [0, 0.1) is 6.92 Å². The predicted octanol–water partition coefficient (Wildman–Crippen LogP) is 2.93. The molecule has 1 aliphatic heterocycles. The Labute approximate surface area is 205 Å². The molecule has 1 atom stereocenters. The summed E-state index contributed by atoms with van der Waals surface area (Å²) in [7, 11) is 3.30. The van der Waals surface area contributed by atoms with Crippen LogP contribution in [0.2, 0.25) is 0 Å². The largest absolute Gasteiger partial charge is 0.497 e. The normalized spacial score (nSPS) is 17.0. The summed E-state index contributed by atoms with van der Waals surface area (Å²) in [6, 6.07) is 16.2. The van der Waals surface area contributed by atoms with Gasteiger partial charge in [0.25, 0.3) is 11.5 Å². The summed E-state index contributed by atoms with van der Waals surface area (Å²) in [4.78, 5) is 42.0. The van der Waals surface area contributed by atoms with Crippen molar-refractivity contribution in [3.63, 3.8) is 0 Å². The van der Waals surface area contributed by atoms with E-state index in [1.54, 1.807) is 62.2 Å². The number of carbonyl (C=O) groups excluding carboxylic acids is 1. The maximum Gasteiger partial charge on any atom is 0.305 e. The molecular weight excluding hydrogens is 470 g/mol. The number of hydrogen-bond donors (Lipinski definition) is 1.